The van der Waals surface area contributed by atoms with Gasteiger partial charge in [-0.2, -0.15) is 0 Å². The lowest BCUT2D eigenvalue weighted by molar-refractivity contribution is 0.0697. The molecule has 2 atom stereocenters. The van der Waals surface area contributed by atoms with Crippen molar-refractivity contribution in [3.05, 3.63) is 80.7 Å². The smallest absolute Gasteiger partial charge is 0.335 e. The first-order valence-electron chi connectivity index (χ1n) is 9.95. The van der Waals surface area contributed by atoms with Crippen molar-refractivity contribution in [1.82, 2.24) is 0 Å². The molecule has 0 aliphatic heterocycles. The molecular weight excluding hydrogens is 352 g/mol. The van der Waals surface area contributed by atoms with E-state index in [1.165, 1.54) is 23.3 Å². The van der Waals surface area contributed by atoms with Gasteiger partial charge in [0.25, 0.3) is 0 Å². The Morgan fingerprint density at radius 2 is 1.86 bits per heavy atom. The summed E-state index contributed by atoms with van der Waals surface area (Å²) in [5.41, 5.74) is 3.79. The van der Waals surface area contributed by atoms with Crippen molar-refractivity contribution in [2.45, 2.75) is 51.4 Å². The predicted octanol–water partition coefficient (Wildman–Crippen LogP) is 5.28. The van der Waals surface area contributed by atoms with Gasteiger partial charge < -0.3 is 9.52 Å². The van der Waals surface area contributed by atoms with Crippen molar-refractivity contribution in [3.8, 4) is 0 Å². The van der Waals surface area contributed by atoms with Crippen LogP contribution < -0.4 is 5.43 Å². The van der Waals surface area contributed by atoms with E-state index < -0.39 is 5.97 Å². The van der Waals surface area contributed by atoms with Crippen LogP contribution in [0.5, 0.6) is 0 Å². The highest BCUT2D eigenvalue weighted by Gasteiger charge is 2.43. The second kappa shape index (κ2) is 7.27. The molecule has 0 saturated heterocycles. The summed E-state index contributed by atoms with van der Waals surface area (Å²) in [7, 11) is 0. The molecule has 1 aliphatic rings. The SMILES string of the molecule is CCCc1c(C2CC2c2ccc(CC)cc2)oc2ccc(C(=O)O)cc2c1=O. The predicted molar refractivity (Wildman–Crippen MR) is 109 cm³/mol. The molecule has 4 nitrogen and oxygen atoms in total. The van der Waals surface area contributed by atoms with E-state index >= 15 is 0 Å². The van der Waals surface area contributed by atoms with Crippen LogP contribution >= 0.6 is 0 Å². The summed E-state index contributed by atoms with van der Waals surface area (Å²) in [6.07, 6.45) is 3.48. The Kier molecular flexibility index (Phi) is 4.80. The van der Waals surface area contributed by atoms with Crippen molar-refractivity contribution >= 4 is 16.9 Å². The molecule has 144 valence electrons. The Balaban J connectivity index is 1.76. The third kappa shape index (κ3) is 3.24. The second-order valence-electron chi connectivity index (χ2n) is 7.58. The molecule has 4 rings (SSSR count). The zero-order valence-corrected chi connectivity index (χ0v) is 16.2. The van der Waals surface area contributed by atoms with Crippen molar-refractivity contribution in [1.29, 1.82) is 0 Å². The van der Waals surface area contributed by atoms with Crippen LogP contribution in [-0.4, -0.2) is 11.1 Å². The topological polar surface area (TPSA) is 67.5 Å². The molecule has 1 aliphatic carbocycles. The minimum absolute atomic E-state index is 0.0896. The van der Waals surface area contributed by atoms with E-state index in [-0.39, 0.29) is 16.9 Å². The van der Waals surface area contributed by atoms with Gasteiger partial charge in [-0.15, -0.1) is 0 Å². The Labute approximate surface area is 163 Å². The van der Waals surface area contributed by atoms with Gasteiger partial charge in [0.05, 0.1) is 10.9 Å². The van der Waals surface area contributed by atoms with E-state index in [1.807, 2.05) is 6.92 Å². The first-order valence-corrected chi connectivity index (χ1v) is 9.95. The minimum Gasteiger partial charge on any atom is -0.478 e. The Bertz CT molecular complexity index is 1090. The van der Waals surface area contributed by atoms with Gasteiger partial charge in [-0.25, -0.2) is 4.79 Å². The molecule has 1 aromatic heterocycles. The third-order valence-electron chi connectivity index (χ3n) is 5.71. The molecule has 3 aromatic rings. The number of carbonyl (C=O) groups is 1. The summed E-state index contributed by atoms with van der Waals surface area (Å²) in [5, 5.41) is 9.58. The van der Waals surface area contributed by atoms with Crippen molar-refractivity contribution in [2.75, 3.05) is 0 Å². The average molecular weight is 376 g/mol. The van der Waals surface area contributed by atoms with E-state index in [4.69, 9.17) is 4.42 Å². The number of aryl methyl sites for hydroxylation is 1. The van der Waals surface area contributed by atoms with Crippen LogP contribution in [0, 0.1) is 0 Å². The molecule has 28 heavy (non-hydrogen) atoms. The number of rotatable bonds is 6. The van der Waals surface area contributed by atoms with Crippen LogP contribution in [0.2, 0.25) is 0 Å². The molecular formula is C24H24O4. The third-order valence-corrected chi connectivity index (χ3v) is 5.71. The Hall–Kier alpha value is -2.88. The summed E-state index contributed by atoms with van der Waals surface area (Å²) in [5.74, 6) is 0.331. The highest BCUT2D eigenvalue weighted by Crippen LogP contribution is 2.55. The van der Waals surface area contributed by atoms with Crippen LogP contribution in [-0.2, 0) is 12.8 Å². The molecule has 1 saturated carbocycles. The van der Waals surface area contributed by atoms with Gasteiger partial charge in [0.2, 0.25) is 0 Å². The minimum atomic E-state index is -1.04. The maximum absolute atomic E-state index is 13.1. The number of fused-ring (bicyclic) bond motifs is 1. The molecule has 0 bridgehead atoms. The standard InChI is InChI=1S/C24H24O4/c1-3-5-17-22(25)20-12-16(24(26)27)10-11-21(20)28-23(17)19-13-18(19)15-8-6-14(4-2)7-9-15/h6-12,18-19H,3-5,13H2,1-2H3,(H,26,27). The summed E-state index contributed by atoms with van der Waals surface area (Å²) >= 11 is 0. The van der Waals surface area contributed by atoms with Crippen LogP contribution in [0.15, 0.2) is 51.7 Å². The van der Waals surface area contributed by atoms with E-state index in [9.17, 15) is 14.7 Å². The fraction of sp³-hybridized carbons (Fsp3) is 0.333. The van der Waals surface area contributed by atoms with E-state index in [2.05, 4.69) is 31.2 Å². The van der Waals surface area contributed by atoms with Crippen LogP contribution in [0.3, 0.4) is 0 Å². The highest BCUT2D eigenvalue weighted by atomic mass is 16.4. The maximum atomic E-state index is 13.1. The number of hydrogen-bond acceptors (Lipinski definition) is 3. The first-order chi connectivity index (χ1) is 13.5. The van der Waals surface area contributed by atoms with Gasteiger partial charge in [-0.1, -0.05) is 44.5 Å². The Morgan fingerprint density at radius 3 is 2.50 bits per heavy atom. The van der Waals surface area contributed by atoms with Gasteiger partial charge in [-0.05, 0) is 54.5 Å². The molecule has 2 aromatic carbocycles. The fourth-order valence-electron chi connectivity index (χ4n) is 4.02. The van der Waals surface area contributed by atoms with E-state index in [0.29, 0.717) is 28.9 Å². The van der Waals surface area contributed by atoms with Crippen LogP contribution in [0.25, 0.3) is 11.0 Å². The monoisotopic (exact) mass is 376 g/mol. The highest BCUT2D eigenvalue weighted by molar-refractivity contribution is 5.92. The number of carboxylic acid groups (broad SMARTS) is 1. The molecule has 4 heteroatoms. The summed E-state index contributed by atoms with van der Waals surface area (Å²) in [4.78, 5) is 24.4. The zero-order valence-electron chi connectivity index (χ0n) is 16.2. The zero-order chi connectivity index (χ0) is 19.8. The first kappa shape index (κ1) is 18.5. The summed E-state index contributed by atoms with van der Waals surface area (Å²) in [6.45, 7) is 4.18. The quantitative estimate of drug-likeness (QED) is 0.636. The number of aromatic carboxylic acids is 1. The second-order valence-corrected chi connectivity index (χ2v) is 7.58. The molecule has 1 fully saturated rings. The average Bonchev–Trinajstić information content (AvgIpc) is 3.50. The summed E-state index contributed by atoms with van der Waals surface area (Å²) in [6, 6.07) is 13.2. The lowest BCUT2D eigenvalue weighted by Gasteiger charge is -2.10. The van der Waals surface area contributed by atoms with Gasteiger partial charge in [0.15, 0.2) is 5.43 Å². The van der Waals surface area contributed by atoms with Gasteiger partial charge in [0, 0.05) is 11.5 Å². The molecule has 1 heterocycles. The van der Waals surface area contributed by atoms with E-state index in [1.54, 1.807) is 6.07 Å². The molecule has 0 amide bonds. The van der Waals surface area contributed by atoms with Gasteiger partial charge >= 0.3 is 5.97 Å². The maximum Gasteiger partial charge on any atom is 0.335 e. The molecule has 1 N–H and O–H groups in total. The molecule has 0 spiro atoms. The molecule has 2 unspecified atom stereocenters. The lowest BCUT2D eigenvalue weighted by Crippen LogP contribution is -2.13. The largest absolute Gasteiger partial charge is 0.478 e. The fourth-order valence-corrected chi connectivity index (χ4v) is 4.02. The number of benzene rings is 2. The van der Waals surface area contributed by atoms with Gasteiger partial charge in [0.1, 0.15) is 11.3 Å². The van der Waals surface area contributed by atoms with Crippen molar-refractivity contribution in [2.24, 2.45) is 0 Å². The van der Waals surface area contributed by atoms with Gasteiger partial charge in [-0.3, -0.25) is 4.79 Å². The normalized spacial score (nSPS) is 18.4. The van der Waals surface area contributed by atoms with Crippen molar-refractivity contribution in [3.63, 3.8) is 0 Å². The lowest BCUT2D eigenvalue weighted by atomic mass is 9.99. The number of carboxylic acids is 1. The summed E-state index contributed by atoms with van der Waals surface area (Å²) < 4.78 is 6.19. The van der Waals surface area contributed by atoms with E-state index in [0.717, 1.165) is 25.0 Å². The van der Waals surface area contributed by atoms with Crippen LogP contribution in [0.1, 0.15) is 71.3 Å². The molecule has 0 radical (unpaired) electrons. The Morgan fingerprint density at radius 1 is 1.11 bits per heavy atom. The van der Waals surface area contributed by atoms with Crippen LogP contribution in [0.4, 0.5) is 0 Å². The number of hydrogen-bond donors (Lipinski definition) is 1. The van der Waals surface area contributed by atoms with Crippen molar-refractivity contribution < 1.29 is 14.3 Å².